The number of rotatable bonds is 10. The Morgan fingerprint density at radius 3 is 2.33 bits per heavy atom. The van der Waals surface area contributed by atoms with Crippen LogP contribution in [-0.4, -0.2) is 46.8 Å². The fourth-order valence-electron chi connectivity index (χ4n) is 4.12. The van der Waals surface area contributed by atoms with Gasteiger partial charge in [-0.2, -0.15) is 18.4 Å². The average molecular weight is 579 g/mol. The van der Waals surface area contributed by atoms with Gasteiger partial charge in [-0.3, -0.25) is 4.79 Å². The summed E-state index contributed by atoms with van der Waals surface area (Å²) < 4.78 is 80.0. The third-order valence-corrected chi connectivity index (χ3v) is 8.24. The Balaban J connectivity index is 2.05. The van der Waals surface area contributed by atoms with Crippen LogP contribution >= 0.6 is 0 Å². The highest BCUT2D eigenvalue weighted by Crippen LogP contribution is 2.32. The third-order valence-electron chi connectivity index (χ3n) is 6.55. The molecule has 0 fully saturated rings. The van der Waals surface area contributed by atoms with Gasteiger partial charge in [0, 0.05) is 24.2 Å². The van der Waals surface area contributed by atoms with Gasteiger partial charge in [0.1, 0.15) is 11.6 Å². The molecule has 0 N–H and O–H groups in total. The number of benzene rings is 2. The molecule has 7 nitrogen and oxygen atoms in total. The average Bonchev–Trinajstić information content (AvgIpc) is 3.35. The zero-order valence-electron chi connectivity index (χ0n) is 22.5. The van der Waals surface area contributed by atoms with Crippen molar-refractivity contribution < 1.29 is 30.8 Å². The lowest BCUT2D eigenvalue weighted by Crippen LogP contribution is -2.39. The normalized spacial score (nSPS) is 12.8. The number of imidazole rings is 1. The summed E-state index contributed by atoms with van der Waals surface area (Å²) in [6.07, 6.45) is -3.65. The molecule has 1 atom stereocenters. The second-order valence-corrected chi connectivity index (χ2v) is 12.2. The summed E-state index contributed by atoms with van der Waals surface area (Å²) in [6.45, 7) is 6.79. The molecule has 0 spiro atoms. The maximum absolute atomic E-state index is 13.8. The summed E-state index contributed by atoms with van der Waals surface area (Å²) in [4.78, 5) is 19.5. The predicted octanol–water partition coefficient (Wildman–Crippen LogP) is 5.59. The first-order chi connectivity index (χ1) is 18.7. The Kier molecular flexibility index (Phi) is 9.40. The first-order valence-electron chi connectivity index (χ1n) is 12.6. The molecule has 12 heteroatoms. The summed E-state index contributed by atoms with van der Waals surface area (Å²) in [6, 6.07) is 10.3. The maximum Gasteiger partial charge on any atom is 0.419 e. The molecular weight excluding hydrogens is 548 g/mol. The van der Waals surface area contributed by atoms with E-state index in [1.54, 1.807) is 42.0 Å². The van der Waals surface area contributed by atoms with Gasteiger partial charge in [0.2, 0.25) is 5.91 Å². The summed E-state index contributed by atoms with van der Waals surface area (Å²) in [5.74, 6) is -2.17. The smallest absolute Gasteiger partial charge is 0.331 e. The number of carbonyl (C=O) groups excluding carboxylic acids is 1. The van der Waals surface area contributed by atoms with Crippen molar-refractivity contribution in [2.75, 3.05) is 18.1 Å². The van der Waals surface area contributed by atoms with Gasteiger partial charge in [0.15, 0.2) is 9.84 Å². The number of nitrogens with zero attached hydrogens (tertiary/aromatic N) is 4. The van der Waals surface area contributed by atoms with Crippen molar-refractivity contribution in [2.45, 2.75) is 52.3 Å². The first-order valence-corrected chi connectivity index (χ1v) is 14.4. The highest BCUT2D eigenvalue weighted by Gasteiger charge is 2.35. The zero-order chi connectivity index (χ0) is 29.8. The van der Waals surface area contributed by atoms with Gasteiger partial charge in [0.25, 0.3) is 0 Å². The van der Waals surface area contributed by atoms with Crippen LogP contribution in [0.1, 0.15) is 67.9 Å². The van der Waals surface area contributed by atoms with Crippen molar-refractivity contribution in [3.63, 3.8) is 0 Å². The van der Waals surface area contributed by atoms with Gasteiger partial charge in [-0.25, -0.2) is 17.8 Å². The van der Waals surface area contributed by atoms with Crippen LogP contribution < -0.4 is 0 Å². The molecule has 0 unspecified atom stereocenters. The van der Waals surface area contributed by atoms with Gasteiger partial charge in [-0.15, -0.1) is 0 Å². The Morgan fingerprint density at radius 1 is 1.12 bits per heavy atom. The predicted molar refractivity (Wildman–Crippen MR) is 142 cm³/mol. The van der Waals surface area contributed by atoms with Gasteiger partial charge in [0.05, 0.1) is 41.1 Å². The number of sulfone groups is 1. The fourth-order valence-corrected chi connectivity index (χ4v) is 4.88. The fraction of sp³-hybridized carbons (Fsp3) is 0.393. The highest BCUT2D eigenvalue weighted by atomic mass is 32.2. The van der Waals surface area contributed by atoms with E-state index < -0.39 is 45.8 Å². The molecule has 0 saturated heterocycles. The molecular formula is C28H30F4N4O3S. The van der Waals surface area contributed by atoms with Crippen molar-refractivity contribution in [1.29, 1.82) is 5.26 Å². The topological polar surface area (TPSA) is 96.1 Å². The number of hydrogen-bond donors (Lipinski definition) is 0. The van der Waals surface area contributed by atoms with E-state index in [0.29, 0.717) is 34.9 Å². The SMILES string of the molecule is CCS(=O)(=O)CCN(C(=O)Cc1ccc(F)c(C(F)(F)F)c1)[C@H](C)c1nc(C(C)C)cn1-c1ccc(C#N)cc1. The van der Waals surface area contributed by atoms with Gasteiger partial charge < -0.3 is 9.47 Å². The lowest BCUT2D eigenvalue weighted by molar-refractivity contribution is -0.140. The molecule has 2 aromatic carbocycles. The standard InChI is InChI=1S/C28H30F4N4O3S/c1-5-40(38,39)13-12-35(26(37)15-21-8-11-24(29)23(14-21)28(30,31)32)19(4)27-34-25(18(2)3)17-36(27)22-9-6-20(16-33)7-10-22/h6-11,14,17-19H,5,12-13,15H2,1-4H3/t19-/m1/s1. The third kappa shape index (κ3) is 7.27. The molecule has 0 aliphatic carbocycles. The van der Waals surface area contributed by atoms with E-state index in [1.165, 1.54) is 11.8 Å². The number of amides is 1. The van der Waals surface area contributed by atoms with Gasteiger partial charge in [-0.1, -0.05) is 26.8 Å². The molecule has 3 rings (SSSR count). The minimum atomic E-state index is -4.94. The molecule has 214 valence electrons. The van der Waals surface area contributed by atoms with Crippen LogP contribution in [0, 0.1) is 17.1 Å². The van der Waals surface area contributed by atoms with Crippen LogP contribution in [-0.2, 0) is 27.2 Å². The van der Waals surface area contributed by atoms with Crippen molar-refractivity contribution in [3.05, 3.63) is 82.7 Å². The number of nitriles is 1. The maximum atomic E-state index is 13.8. The summed E-state index contributed by atoms with van der Waals surface area (Å²) in [5.41, 5.74) is 0.258. The second-order valence-electron chi connectivity index (χ2n) is 9.70. The monoisotopic (exact) mass is 578 g/mol. The van der Waals surface area contributed by atoms with Crippen molar-refractivity contribution >= 4 is 15.7 Å². The molecule has 0 aliphatic heterocycles. The Morgan fingerprint density at radius 2 is 1.77 bits per heavy atom. The quantitative estimate of drug-likeness (QED) is 0.292. The minimum absolute atomic E-state index is 0.00945. The molecule has 1 aromatic heterocycles. The lowest BCUT2D eigenvalue weighted by atomic mass is 10.1. The molecule has 1 heterocycles. The summed E-state index contributed by atoms with van der Waals surface area (Å²) in [5, 5.41) is 9.15. The van der Waals surface area contributed by atoms with E-state index in [4.69, 9.17) is 10.2 Å². The molecule has 0 radical (unpaired) electrons. The van der Waals surface area contributed by atoms with E-state index >= 15 is 0 Å². The van der Waals surface area contributed by atoms with Crippen LogP contribution in [0.4, 0.5) is 17.6 Å². The number of alkyl halides is 3. The minimum Gasteiger partial charge on any atom is -0.331 e. The van der Waals surface area contributed by atoms with Crippen LogP contribution in [0.25, 0.3) is 5.69 Å². The molecule has 40 heavy (non-hydrogen) atoms. The van der Waals surface area contributed by atoms with Crippen LogP contribution in [0.5, 0.6) is 0 Å². The summed E-state index contributed by atoms with van der Waals surface area (Å²) >= 11 is 0. The van der Waals surface area contributed by atoms with Crippen LogP contribution in [0.15, 0.2) is 48.7 Å². The molecule has 3 aromatic rings. The molecule has 0 saturated carbocycles. The second kappa shape index (κ2) is 12.2. The molecule has 1 amide bonds. The van der Waals surface area contributed by atoms with E-state index in [9.17, 15) is 30.8 Å². The van der Waals surface area contributed by atoms with E-state index in [1.807, 2.05) is 19.9 Å². The largest absolute Gasteiger partial charge is 0.419 e. The van der Waals surface area contributed by atoms with E-state index in [-0.39, 0.29) is 29.5 Å². The van der Waals surface area contributed by atoms with Crippen LogP contribution in [0.3, 0.4) is 0 Å². The number of carbonyl (C=O) groups is 1. The number of aromatic nitrogens is 2. The van der Waals surface area contributed by atoms with Crippen molar-refractivity contribution in [2.24, 2.45) is 0 Å². The summed E-state index contributed by atoms with van der Waals surface area (Å²) in [7, 11) is -3.50. The Labute approximate surface area is 231 Å². The van der Waals surface area contributed by atoms with Crippen molar-refractivity contribution in [1.82, 2.24) is 14.5 Å². The molecule has 0 bridgehead atoms. The van der Waals surface area contributed by atoms with E-state index in [0.717, 1.165) is 6.07 Å². The number of hydrogen-bond acceptors (Lipinski definition) is 5. The highest BCUT2D eigenvalue weighted by molar-refractivity contribution is 7.91. The Bertz CT molecular complexity index is 1510. The first kappa shape index (κ1) is 30.8. The zero-order valence-corrected chi connectivity index (χ0v) is 23.4. The van der Waals surface area contributed by atoms with Gasteiger partial charge in [-0.05, 0) is 54.8 Å². The van der Waals surface area contributed by atoms with Crippen molar-refractivity contribution in [3.8, 4) is 11.8 Å². The molecule has 0 aliphatic rings. The Hall–Kier alpha value is -3.72. The van der Waals surface area contributed by atoms with Crippen LogP contribution in [0.2, 0.25) is 0 Å². The van der Waals surface area contributed by atoms with Gasteiger partial charge >= 0.3 is 6.18 Å². The van der Waals surface area contributed by atoms with E-state index in [2.05, 4.69) is 0 Å². The number of halogens is 4. The lowest BCUT2D eigenvalue weighted by Gasteiger charge is -2.29.